The van der Waals surface area contributed by atoms with E-state index in [1.165, 1.54) is 6.08 Å². The van der Waals surface area contributed by atoms with Crippen molar-refractivity contribution in [2.24, 2.45) is 11.8 Å². The van der Waals surface area contributed by atoms with Crippen molar-refractivity contribution in [1.29, 1.82) is 0 Å². The van der Waals surface area contributed by atoms with E-state index in [0.29, 0.717) is 0 Å². The van der Waals surface area contributed by atoms with Crippen LogP contribution in [-0.2, 0) is 23.5 Å². The molecule has 3 aromatic carbocycles. The zero-order valence-electron chi connectivity index (χ0n) is 28.4. The summed E-state index contributed by atoms with van der Waals surface area (Å²) < 4.78 is 12.6. The van der Waals surface area contributed by atoms with Crippen molar-refractivity contribution in [1.82, 2.24) is 4.90 Å². The summed E-state index contributed by atoms with van der Waals surface area (Å²) in [5.41, 5.74) is 0.261. The third kappa shape index (κ3) is 6.51. The Balaban J connectivity index is 2.13. The van der Waals surface area contributed by atoms with Gasteiger partial charge in [-0.2, -0.15) is 0 Å². The average molecular weight is 658 g/mol. The summed E-state index contributed by atoms with van der Waals surface area (Å²) in [6.45, 7) is 16.8. The summed E-state index contributed by atoms with van der Waals surface area (Å²) in [5, 5.41) is 2.62. The number of hydrogen-bond donors (Lipinski definition) is 0. The third-order valence-corrected chi connectivity index (χ3v) is 18.5. The third-order valence-electron chi connectivity index (χ3n) is 9.63. The molecule has 0 spiro atoms. The molecule has 0 N–H and O–H groups in total. The Morgan fingerprint density at radius 3 is 1.70 bits per heavy atom. The lowest BCUT2D eigenvalue weighted by atomic mass is 9.75. The van der Waals surface area contributed by atoms with Crippen LogP contribution in [0, 0.1) is 11.8 Å². The highest BCUT2D eigenvalue weighted by atomic mass is 31.2. The van der Waals surface area contributed by atoms with Crippen molar-refractivity contribution in [3.05, 3.63) is 104 Å². The van der Waals surface area contributed by atoms with Crippen molar-refractivity contribution < 1.29 is 23.5 Å². The number of nitrogens with zero attached hydrogens (tertiary/aromatic N) is 1. The van der Waals surface area contributed by atoms with Crippen LogP contribution in [0.4, 0.5) is 0 Å². The molecule has 0 saturated carbocycles. The first kappa shape index (κ1) is 35.3. The molecule has 1 saturated heterocycles. The Hall–Kier alpha value is -3.51. The molecule has 4 atom stereocenters. The van der Waals surface area contributed by atoms with Gasteiger partial charge in [-0.15, -0.1) is 0 Å². The van der Waals surface area contributed by atoms with E-state index in [1.807, 2.05) is 105 Å². The molecular formula is C38H48NO5PSi. The van der Waals surface area contributed by atoms with E-state index in [2.05, 4.69) is 40.4 Å². The predicted octanol–water partition coefficient (Wildman–Crippen LogP) is 6.30. The first-order valence-corrected chi connectivity index (χ1v) is 20.6. The molecule has 1 heterocycles. The Bertz CT molecular complexity index is 1510. The van der Waals surface area contributed by atoms with Crippen LogP contribution in [0.5, 0.6) is 0 Å². The van der Waals surface area contributed by atoms with Gasteiger partial charge in [-0.3, -0.25) is 9.59 Å². The van der Waals surface area contributed by atoms with Gasteiger partial charge in [-0.25, -0.2) is 4.79 Å². The van der Waals surface area contributed by atoms with E-state index in [4.69, 9.17) is 9.16 Å². The number of carbonyl (C=O) groups excluding carboxylic acids is 3. The smallest absolute Gasteiger partial charge is 0.356 e. The molecule has 3 aromatic rings. The van der Waals surface area contributed by atoms with Crippen molar-refractivity contribution >= 4 is 54.2 Å². The fourth-order valence-electron chi connectivity index (χ4n) is 6.11. The highest BCUT2D eigenvalue weighted by Crippen LogP contribution is 2.51. The number of carbonyl (C=O) groups is 3. The number of β-lactam (4-membered cyclic amide) rings is 1. The van der Waals surface area contributed by atoms with Crippen LogP contribution in [0.25, 0.3) is 0 Å². The zero-order valence-corrected chi connectivity index (χ0v) is 30.3. The first-order chi connectivity index (χ1) is 21.7. The minimum Gasteiger partial charge on any atom is -0.457 e. The monoisotopic (exact) mass is 657 g/mol. The van der Waals surface area contributed by atoms with E-state index in [1.54, 1.807) is 11.8 Å². The molecule has 46 heavy (non-hydrogen) atoms. The lowest BCUT2D eigenvalue weighted by Crippen LogP contribution is -2.71. The van der Waals surface area contributed by atoms with Crippen LogP contribution in [0.3, 0.4) is 0 Å². The summed E-state index contributed by atoms with van der Waals surface area (Å²) in [6.07, 6.45) is 1.06. The summed E-state index contributed by atoms with van der Waals surface area (Å²) in [4.78, 5) is 44.2. The highest BCUT2D eigenvalue weighted by molar-refractivity contribution is 7.96. The lowest BCUT2D eigenvalue weighted by Gasteiger charge is -2.54. The fourth-order valence-corrected chi connectivity index (χ4v) is 11.9. The summed E-state index contributed by atoms with van der Waals surface area (Å²) in [6, 6.07) is 29.0. The molecule has 0 bridgehead atoms. The van der Waals surface area contributed by atoms with Crippen molar-refractivity contribution in [3.8, 4) is 0 Å². The van der Waals surface area contributed by atoms with Crippen LogP contribution >= 0.6 is 6.89 Å². The Morgan fingerprint density at radius 1 is 0.891 bits per heavy atom. The topological polar surface area (TPSA) is 72.9 Å². The Labute approximate surface area is 275 Å². The number of esters is 1. The van der Waals surface area contributed by atoms with Crippen LogP contribution in [0.15, 0.2) is 104 Å². The predicted molar refractivity (Wildman–Crippen MR) is 193 cm³/mol. The maximum atomic E-state index is 14.8. The molecule has 1 fully saturated rings. The van der Waals surface area contributed by atoms with Gasteiger partial charge in [0, 0.05) is 12.8 Å². The van der Waals surface area contributed by atoms with Crippen LogP contribution in [0.1, 0.15) is 41.5 Å². The Kier molecular flexibility index (Phi) is 10.8. The van der Waals surface area contributed by atoms with Crippen LogP contribution in [-0.4, -0.2) is 55.0 Å². The number of hydrogen-bond acceptors (Lipinski definition) is 5. The minimum atomic E-state index is -3.08. The number of ketones is 1. The standard InChI is InChI=1S/C38H48NO5PSi/c1-10-26-43-37(42)36(39-34(27(2)28(3)40)33(35(39)41)29(4)44-46(8,9)38(5,6)7)45(30-20-14-11-15-21-30,31-22-16-12-17-23-31)32-24-18-13-19-25-32/h10-25,27,29,33-34H,1,26H2,2-9H3/t27-,29-,33+,34+/m0/s1. The SMILES string of the molecule is C=CCOC(=O)C(N1C(=O)[C@H]([C@H](C)O[Si](C)(C)C(C)(C)C)[C@H]1[C@@H](C)C(C)=O)=P(c1ccccc1)(c1ccccc1)c1ccccc1. The first-order valence-electron chi connectivity index (χ1n) is 15.9. The van der Waals surface area contributed by atoms with Gasteiger partial charge in [0.2, 0.25) is 5.91 Å². The molecule has 4 rings (SSSR count). The number of benzene rings is 3. The van der Waals surface area contributed by atoms with Gasteiger partial charge >= 0.3 is 5.97 Å². The number of likely N-dealkylation sites (tertiary alicyclic amines) is 1. The van der Waals surface area contributed by atoms with Crippen molar-refractivity contribution in [2.45, 2.75) is 71.8 Å². The lowest BCUT2D eigenvalue weighted by molar-refractivity contribution is -0.161. The number of Topliss-reactive ketones (excluding diaryl/α,β-unsaturated/α-hetero) is 1. The van der Waals surface area contributed by atoms with Gasteiger partial charge in [0.1, 0.15) is 17.8 Å². The number of rotatable bonds is 12. The van der Waals surface area contributed by atoms with Gasteiger partial charge in [-0.1, -0.05) is 131 Å². The van der Waals surface area contributed by atoms with Crippen molar-refractivity contribution in [2.75, 3.05) is 6.61 Å². The van der Waals surface area contributed by atoms with Gasteiger partial charge in [0.25, 0.3) is 0 Å². The summed E-state index contributed by atoms with van der Waals surface area (Å²) >= 11 is 0. The molecule has 1 aliphatic rings. The molecule has 6 nitrogen and oxygen atoms in total. The Morgan fingerprint density at radius 2 is 1.33 bits per heavy atom. The van der Waals surface area contributed by atoms with E-state index >= 15 is 0 Å². The van der Waals surface area contributed by atoms with E-state index in [9.17, 15) is 14.4 Å². The van der Waals surface area contributed by atoms with Crippen molar-refractivity contribution in [3.63, 3.8) is 0 Å². The molecule has 0 radical (unpaired) electrons. The van der Waals surface area contributed by atoms with E-state index in [0.717, 1.165) is 15.9 Å². The molecule has 1 aliphatic heterocycles. The van der Waals surface area contributed by atoms with Gasteiger partial charge < -0.3 is 14.1 Å². The molecule has 0 aromatic heterocycles. The molecular weight excluding hydrogens is 609 g/mol. The van der Waals surface area contributed by atoms with Gasteiger partial charge in [0.05, 0.1) is 18.1 Å². The van der Waals surface area contributed by atoms with Gasteiger partial charge in [0.15, 0.2) is 8.32 Å². The quantitative estimate of drug-likeness (QED) is 0.0752. The van der Waals surface area contributed by atoms with Gasteiger partial charge in [-0.05, 0) is 47.9 Å². The largest absolute Gasteiger partial charge is 0.457 e. The maximum absolute atomic E-state index is 14.8. The molecule has 1 amide bonds. The molecule has 8 heteroatoms. The summed E-state index contributed by atoms with van der Waals surface area (Å²) in [5.74, 6) is -2.06. The van der Waals surface area contributed by atoms with E-state index < -0.39 is 45.2 Å². The zero-order chi connectivity index (χ0) is 33.9. The fraction of sp³-hybridized carbons (Fsp3) is 0.368. The van der Waals surface area contributed by atoms with E-state index in [-0.39, 0.29) is 28.8 Å². The van der Waals surface area contributed by atoms with Crippen LogP contribution in [0.2, 0.25) is 18.1 Å². The minimum absolute atomic E-state index is 0.0238. The maximum Gasteiger partial charge on any atom is 0.356 e. The highest BCUT2D eigenvalue weighted by Gasteiger charge is 2.59. The number of ether oxygens (including phenoxy) is 1. The second-order valence-electron chi connectivity index (χ2n) is 13.6. The normalized spacial score (nSPS) is 18.3. The average Bonchev–Trinajstić information content (AvgIpc) is 3.02. The second kappa shape index (κ2) is 14.1. The van der Waals surface area contributed by atoms with Crippen LogP contribution < -0.4 is 15.9 Å². The second-order valence-corrected chi connectivity index (χ2v) is 21.7. The number of amides is 1. The molecule has 0 unspecified atom stereocenters. The molecule has 244 valence electrons. The molecule has 0 aliphatic carbocycles. The summed E-state index contributed by atoms with van der Waals surface area (Å²) in [7, 11) is -2.28.